The van der Waals surface area contributed by atoms with E-state index in [1.165, 1.54) is 16.3 Å². The van der Waals surface area contributed by atoms with Gasteiger partial charge in [-0.3, -0.25) is 28.5 Å². The normalized spacial score (nSPS) is 12.9. The first-order chi connectivity index (χ1) is 15.9. The second-order valence-corrected chi connectivity index (χ2v) is 8.79. The van der Waals surface area contributed by atoms with E-state index in [1.807, 2.05) is 5.32 Å². The number of carboxylic acid groups (broad SMARTS) is 2. The van der Waals surface area contributed by atoms with E-state index in [2.05, 4.69) is 5.32 Å². The van der Waals surface area contributed by atoms with Gasteiger partial charge in [-0.1, -0.05) is 0 Å². The summed E-state index contributed by atoms with van der Waals surface area (Å²) in [6, 6.07) is -2.30. The van der Waals surface area contributed by atoms with Gasteiger partial charge in [-0.15, -0.1) is 0 Å². The van der Waals surface area contributed by atoms with Crippen LogP contribution in [0, 0.1) is 20.8 Å². The molecule has 2 heterocycles. The number of carboxylic acids is 1. The van der Waals surface area contributed by atoms with Crippen molar-refractivity contribution in [3.8, 4) is 0 Å². The Labute approximate surface area is 197 Å². The first-order valence-corrected chi connectivity index (χ1v) is 11.4. The summed E-state index contributed by atoms with van der Waals surface area (Å²) < 4.78 is 2.60. The molecule has 0 spiro atoms. The standard InChI is InChI=1S/C20H27N5O8S/c1-9-11(3)24-14(10(2)18(29)25(24)17(9)28)8-34-7-13(15(26)6-22-20(32)33)23-16(27)5-4-12(21)19(30)31/h12-13,22H,4-8,21H2,1-3H3,(H,23,27)(H,30,31)(H,32,33)/t12-,13-/m0/s1. The van der Waals surface area contributed by atoms with Gasteiger partial charge in [0.2, 0.25) is 5.91 Å². The second-order valence-electron chi connectivity index (χ2n) is 7.76. The highest BCUT2D eigenvalue weighted by atomic mass is 32.2. The van der Waals surface area contributed by atoms with E-state index in [0.29, 0.717) is 22.5 Å². The summed E-state index contributed by atoms with van der Waals surface area (Å²) in [7, 11) is 0. The van der Waals surface area contributed by atoms with Crippen molar-refractivity contribution in [3.05, 3.63) is 43.2 Å². The molecule has 0 aliphatic carbocycles. The lowest BCUT2D eigenvalue weighted by molar-refractivity contribution is -0.138. The molecule has 2 atom stereocenters. The van der Waals surface area contributed by atoms with Crippen molar-refractivity contribution in [1.29, 1.82) is 0 Å². The van der Waals surface area contributed by atoms with Gasteiger partial charge in [0, 0.05) is 34.7 Å². The zero-order chi connectivity index (χ0) is 25.7. The Hall–Kier alpha value is -3.39. The van der Waals surface area contributed by atoms with Gasteiger partial charge < -0.3 is 26.6 Å². The number of aromatic nitrogens is 2. The Morgan fingerprint density at radius 2 is 1.65 bits per heavy atom. The number of carbonyl (C=O) groups is 4. The van der Waals surface area contributed by atoms with Gasteiger partial charge in [0.1, 0.15) is 6.04 Å². The summed E-state index contributed by atoms with van der Waals surface area (Å²) >= 11 is 1.21. The number of rotatable bonds is 12. The van der Waals surface area contributed by atoms with Crippen LogP contribution in [0.3, 0.4) is 0 Å². The van der Waals surface area contributed by atoms with Crippen molar-refractivity contribution in [2.45, 2.75) is 51.4 Å². The van der Waals surface area contributed by atoms with Gasteiger partial charge in [0.25, 0.3) is 11.1 Å². The zero-order valence-electron chi connectivity index (χ0n) is 18.9. The quantitative estimate of drug-likeness (QED) is 0.239. The van der Waals surface area contributed by atoms with E-state index < -0.39 is 53.5 Å². The molecule has 2 amide bonds. The van der Waals surface area contributed by atoms with Gasteiger partial charge in [-0.25, -0.2) is 4.79 Å². The van der Waals surface area contributed by atoms with Gasteiger partial charge in [-0.05, 0) is 27.2 Å². The summed E-state index contributed by atoms with van der Waals surface area (Å²) in [5.74, 6) is -2.18. The monoisotopic (exact) mass is 497 g/mol. The van der Waals surface area contributed by atoms with Gasteiger partial charge >= 0.3 is 12.1 Å². The highest BCUT2D eigenvalue weighted by Crippen LogP contribution is 2.18. The number of carbonyl (C=O) groups excluding carboxylic acids is 2. The number of ketones is 1. The lowest BCUT2D eigenvalue weighted by Crippen LogP contribution is -2.47. The van der Waals surface area contributed by atoms with Crippen LogP contribution in [0.2, 0.25) is 0 Å². The molecular formula is C20H27N5O8S. The smallest absolute Gasteiger partial charge is 0.405 e. The number of amides is 2. The van der Waals surface area contributed by atoms with Crippen LogP contribution in [-0.2, 0) is 20.1 Å². The third-order valence-electron chi connectivity index (χ3n) is 5.44. The molecule has 0 radical (unpaired) electrons. The molecule has 0 aliphatic rings. The van der Waals surface area contributed by atoms with E-state index in [1.54, 1.807) is 20.8 Å². The number of aliphatic carboxylic acids is 1. The molecule has 2 aromatic rings. The molecule has 0 saturated carbocycles. The molecule has 186 valence electrons. The molecule has 13 nitrogen and oxygen atoms in total. The number of nitrogens with two attached hydrogens (primary N) is 1. The molecule has 0 bridgehead atoms. The van der Waals surface area contributed by atoms with Crippen molar-refractivity contribution in [2.75, 3.05) is 12.3 Å². The van der Waals surface area contributed by atoms with Crippen LogP contribution in [0.15, 0.2) is 9.59 Å². The van der Waals surface area contributed by atoms with Crippen LogP contribution in [0.4, 0.5) is 4.79 Å². The molecule has 14 heteroatoms. The van der Waals surface area contributed by atoms with Crippen molar-refractivity contribution in [1.82, 2.24) is 19.7 Å². The molecule has 0 unspecified atom stereocenters. The predicted molar refractivity (Wildman–Crippen MR) is 123 cm³/mol. The molecule has 0 saturated heterocycles. The minimum atomic E-state index is -1.40. The maximum atomic E-state index is 12.5. The number of nitrogens with zero attached hydrogens (tertiary/aromatic N) is 2. The average molecular weight is 498 g/mol. The topological polar surface area (TPSA) is 202 Å². The highest BCUT2D eigenvalue weighted by molar-refractivity contribution is 7.98. The maximum Gasteiger partial charge on any atom is 0.405 e. The second kappa shape index (κ2) is 11.2. The van der Waals surface area contributed by atoms with Gasteiger partial charge in [0.05, 0.1) is 18.3 Å². The Morgan fingerprint density at radius 3 is 2.24 bits per heavy atom. The maximum absolute atomic E-state index is 12.5. The Kier molecular flexibility index (Phi) is 8.81. The van der Waals surface area contributed by atoms with Crippen LogP contribution in [-0.4, -0.2) is 67.4 Å². The number of Topliss-reactive ketones (excluding diaryl/α,β-unsaturated/α-hetero) is 1. The number of aryl methyl sites for hydroxylation is 1. The van der Waals surface area contributed by atoms with Crippen LogP contribution < -0.4 is 27.5 Å². The molecule has 2 rings (SSSR count). The van der Waals surface area contributed by atoms with Crippen molar-refractivity contribution < 1.29 is 29.4 Å². The molecule has 6 N–H and O–H groups in total. The fraction of sp³-hybridized carbons (Fsp3) is 0.500. The lowest BCUT2D eigenvalue weighted by atomic mass is 10.1. The third kappa shape index (κ3) is 5.94. The molecule has 0 aliphatic heterocycles. The molecule has 0 fully saturated rings. The van der Waals surface area contributed by atoms with Gasteiger partial charge in [-0.2, -0.15) is 16.3 Å². The highest BCUT2D eigenvalue weighted by Gasteiger charge is 2.24. The largest absolute Gasteiger partial charge is 0.480 e. The molecular weight excluding hydrogens is 470 g/mol. The third-order valence-corrected chi connectivity index (χ3v) is 6.48. The van der Waals surface area contributed by atoms with E-state index in [4.69, 9.17) is 15.9 Å². The van der Waals surface area contributed by atoms with E-state index >= 15 is 0 Å². The fourth-order valence-corrected chi connectivity index (χ4v) is 4.44. The van der Waals surface area contributed by atoms with Crippen molar-refractivity contribution >= 4 is 35.5 Å². The molecule has 34 heavy (non-hydrogen) atoms. The minimum absolute atomic E-state index is 0.0470. The molecule has 2 aromatic heterocycles. The Balaban J connectivity index is 2.14. The summed E-state index contributed by atoms with van der Waals surface area (Å²) in [4.78, 5) is 71.1. The average Bonchev–Trinajstić information content (AvgIpc) is 3.15. The summed E-state index contributed by atoms with van der Waals surface area (Å²) in [6.45, 7) is 4.40. The summed E-state index contributed by atoms with van der Waals surface area (Å²) in [5, 5.41) is 22.0. The number of hydrogen-bond acceptors (Lipinski definition) is 8. The first-order valence-electron chi connectivity index (χ1n) is 10.3. The Bertz CT molecular complexity index is 1220. The number of thioether (sulfide) groups is 1. The Morgan fingerprint density at radius 1 is 1.03 bits per heavy atom. The van der Waals surface area contributed by atoms with Gasteiger partial charge in [0.15, 0.2) is 5.78 Å². The lowest BCUT2D eigenvalue weighted by Gasteiger charge is -2.18. The summed E-state index contributed by atoms with van der Waals surface area (Å²) in [5.41, 5.74) is 6.58. The number of hydrogen-bond donors (Lipinski definition) is 5. The zero-order valence-corrected chi connectivity index (χ0v) is 19.7. The van der Waals surface area contributed by atoms with Crippen molar-refractivity contribution in [2.24, 2.45) is 5.73 Å². The number of nitrogens with one attached hydrogen (secondary N) is 2. The van der Waals surface area contributed by atoms with Crippen LogP contribution in [0.25, 0.3) is 0 Å². The summed E-state index contributed by atoms with van der Waals surface area (Å²) in [6.07, 6.45) is -1.78. The van der Waals surface area contributed by atoms with E-state index in [9.17, 15) is 28.8 Å². The van der Waals surface area contributed by atoms with Crippen LogP contribution in [0.5, 0.6) is 0 Å². The van der Waals surface area contributed by atoms with E-state index in [0.717, 1.165) is 4.52 Å². The van der Waals surface area contributed by atoms with Crippen LogP contribution >= 0.6 is 11.8 Å². The fourth-order valence-electron chi connectivity index (χ4n) is 3.28. The van der Waals surface area contributed by atoms with Crippen molar-refractivity contribution in [3.63, 3.8) is 0 Å². The SMILES string of the molecule is Cc1c(C)n2c(CSC[C@H](NC(=O)CC[C@H](N)C(=O)O)C(=O)CNC(=O)O)c(C)c(=O)n2c1=O. The van der Waals surface area contributed by atoms with E-state index in [-0.39, 0.29) is 24.3 Å². The minimum Gasteiger partial charge on any atom is -0.480 e. The first kappa shape index (κ1) is 26.9. The van der Waals surface area contributed by atoms with Crippen LogP contribution in [0.1, 0.15) is 35.4 Å². The molecule has 0 aromatic carbocycles. The predicted octanol–water partition coefficient (Wildman–Crippen LogP) is -1.13. The number of fused-ring (bicyclic) bond motifs is 1.